The van der Waals surface area contributed by atoms with Gasteiger partial charge in [-0.05, 0) is 43.0 Å². The van der Waals surface area contributed by atoms with E-state index in [-0.39, 0.29) is 24.9 Å². The summed E-state index contributed by atoms with van der Waals surface area (Å²) in [4.78, 5) is 52.8. The van der Waals surface area contributed by atoms with Gasteiger partial charge in [-0.15, -0.1) is 0 Å². The molecule has 0 radical (unpaired) electrons. The number of hydrogen-bond donors (Lipinski definition) is 1. The van der Waals surface area contributed by atoms with Crippen LogP contribution < -0.4 is 10.2 Å². The summed E-state index contributed by atoms with van der Waals surface area (Å²) >= 11 is 0. The Balaban J connectivity index is 1.12. The summed E-state index contributed by atoms with van der Waals surface area (Å²) in [5, 5.41) is 2.22. The highest BCUT2D eigenvalue weighted by Gasteiger charge is 2.44. The molecule has 36 heavy (non-hydrogen) atoms. The van der Waals surface area contributed by atoms with Crippen molar-refractivity contribution in [3.05, 3.63) is 65.2 Å². The van der Waals surface area contributed by atoms with Gasteiger partial charge in [0.1, 0.15) is 6.04 Å². The van der Waals surface area contributed by atoms with Crippen molar-refractivity contribution in [3.63, 3.8) is 0 Å². The third-order valence-electron chi connectivity index (χ3n) is 6.92. The van der Waals surface area contributed by atoms with Crippen molar-refractivity contribution in [1.82, 2.24) is 10.2 Å². The second kappa shape index (κ2) is 10.6. The molecule has 188 valence electrons. The van der Waals surface area contributed by atoms with E-state index in [9.17, 15) is 19.2 Å². The number of anilines is 1. The molecule has 1 unspecified atom stereocenters. The molecule has 0 saturated carbocycles. The number of nitrogens with zero attached hydrogens (tertiary/aromatic N) is 2. The Morgan fingerprint density at radius 3 is 2.36 bits per heavy atom. The van der Waals surface area contributed by atoms with E-state index in [1.54, 1.807) is 12.1 Å². The highest BCUT2D eigenvalue weighted by molar-refractivity contribution is 6.23. The second-order valence-corrected chi connectivity index (χ2v) is 9.27. The van der Waals surface area contributed by atoms with Crippen LogP contribution in [0.5, 0.6) is 0 Å². The number of piperidine rings is 2. The van der Waals surface area contributed by atoms with Crippen molar-refractivity contribution in [1.29, 1.82) is 0 Å². The topological polar surface area (TPSA) is 105 Å². The normalized spacial score (nSPS) is 20.6. The van der Waals surface area contributed by atoms with Crippen molar-refractivity contribution in [2.75, 3.05) is 31.2 Å². The Morgan fingerprint density at radius 2 is 1.61 bits per heavy atom. The monoisotopic (exact) mass is 491 g/mol. The zero-order valence-electron chi connectivity index (χ0n) is 20.0. The molecule has 2 saturated heterocycles. The number of ether oxygens (including phenoxy) is 2. The fourth-order valence-corrected chi connectivity index (χ4v) is 4.97. The molecule has 0 aliphatic carbocycles. The fourth-order valence-electron chi connectivity index (χ4n) is 4.97. The van der Waals surface area contributed by atoms with Gasteiger partial charge in [-0.1, -0.05) is 30.3 Å². The maximum absolute atomic E-state index is 13.1. The van der Waals surface area contributed by atoms with Crippen LogP contribution in [0.3, 0.4) is 0 Å². The van der Waals surface area contributed by atoms with E-state index in [0.717, 1.165) is 42.1 Å². The minimum absolute atomic E-state index is 0.102. The Hall–Kier alpha value is -3.56. The lowest BCUT2D eigenvalue weighted by Crippen LogP contribution is -2.54. The summed E-state index contributed by atoms with van der Waals surface area (Å²) in [6.45, 7) is 3.20. The lowest BCUT2D eigenvalue weighted by atomic mass is 10.0. The zero-order chi connectivity index (χ0) is 25.1. The minimum atomic E-state index is -0.955. The van der Waals surface area contributed by atoms with Gasteiger partial charge in [-0.3, -0.25) is 29.4 Å². The molecule has 9 nitrogen and oxygen atoms in total. The van der Waals surface area contributed by atoms with E-state index < -0.39 is 23.8 Å². The van der Waals surface area contributed by atoms with Crippen LogP contribution in [0, 0.1) is 0 Å². The fraction of sp³-hybridized carbons (Fsp3) is 0.407. The van der Waals surface area contributed by atoms with Gasteiger partial charge in [0.15, 0.2) is 0 Å². The molecule has 5 rings (SSSR count). The predicted molar refractivity (Wildman–Crippen MR) is 130 cm³/mol. The van der Waals surface area contributed by atoms with Crippen LogP contribution in [-0.2, 0) is 25.7 Å². The van der Waals surface area contributed by atoms with E-state index in [1.165, 1.54) is 0 Å². The molecule has 3 aliphatic rings. The molecule has 0 bridgehead atoms. The third kappa shape index (κ3) is 5.03. The number of imide groups is 2. The summed E-state index contributed by atoms with van der Waals surface area (Å²) in [6, 6.07) is 14.3. The van der Waals surface area contributed by atoms with Crippen molar-refractivity contribution in [3.8, 4) is 0 Å². The summed E-state index contributed by atoms with van der Waals surface area (Å²) < 4.78 is 11.7. The molecule has 1 N–H and O–H groups in total. The molecule has 4 amide bonds. The SMILES string of the molecule is O=C1CCC(N2C(=O)c3ccc(N4CCC(OCCOCc5ccccc5)CC4)cc3C2=O)C(=O)N1. The van der Waals surface area contributed by atoms with Gasteiger partial charge in [0, 0.05) is 25.2 Å². The first kappa shape index (κ1) is 24.1. The molecule has 0 aromatic heterocycles. The summed E-state index contributed by atoms with van der Waals surface area (Å²) in [5.74, 6) is -1.96. The van der Waals surface area contributed by atoms with Gasteiger partial charge in [-0.2, -0.15) is 0 Å². The molecule has 3 aliphatic heterocycles. The minimum Gasteiger partial charge on any atom is -0.376 e. The molecule has 2 fully saturated rings. The summed E-state index contributed by atoms with van der Waals surface area (Å²) in [6.07, 6.45) is 2.11. The Morgan fingerprint density at radius 1 is 0.861 bits per heavy atom. The maximum Gasteiger partial charge on any atom is 0.262 e. The van der Waals surface area contributed by atoms with Gasteiger partial charge in [0.25, 0.3) is 11.8 Å². The van der Waals surface area contributed by atoms with Gasteiger partial charge < -0.3 is 14.4 Å². The number of benzene rings is 2. The van der Waals surface area contributed by atoms with Gasteiger partial charge in [-0.25, -0.2) is 0 Å². The van der Waals surface area contributed by atoms with Crippen LogP contribution in [0.25, 0.3) is 0 Å². The van der Waals surface area contributed by atoms with E-state index in [4.69, 9.17) is 9.47 Å². The molecule has 1 atom stereocenters. The van der Waals surface area contributed by atoms with Crippen molar-refractivity contribution >= 4 is 29.3 Å². The number of rotatable bonds is 8. The standard InChI is InChI=1S/C27H29N3O6/c31-24-9-8-23(25(32)28-24)30-26(33)21-7-6-19(16-22(21)27(30)34)29-12-10-20(11-13-29)36-15-14-35-17-18-4-2-1-3-5-18/h1-7,16,20,23H,8-15,17H2,(H,28,31,32). The highest BCUT2D eigenvalue weighted by atomic mass is 16.5. The number of hydrogen-bond acceptors (Lipinski definition) is 7. The number of amides is 4. The first-order valence-electron chi connectivity index (χ1n) is 12.3. The Bertz CT molecular complexity index is 1160. The molecule has 3 heterocycles. The second-order valence-electron chi connectivity index (χ2n) is 9.27. The maximum atomic E-state index is 13.1. The lowest BCUT2D eigenvalue weighted by Gasteiger charge is -2.33. The molecule has 9 heteroatoms. The van der Waals surface area contributed by atoms with Gasteiger partial charge in [0.2, 0.25) is 11.8 Å². The van der Waals surface area contributed by atoms with Crippen molar-refractivity contribution in [2.45, 2.75) is 44.4 Å². The van der Waals surface area contributed by atoms with E-state index in [0.29, 0.717) is 30.9 Å². The summed E-state index contributed by atoms with van der Waals surface area (Å²) in [5.41, 5.74) is 2.60. The summed E-state index contributed by atoms with van der Waals surface area (Å²) in [7, 11) is 0. The molecule has 0 spiro atoms. The van der Waals surface area contributed by atoms with E-state index >= 15 is 0 Å². The van der Waals surface area contributed by atoms with Gasteiger partial charge >= 0.3 is 0 Å². The first-order chi connectivity index (χ1) is 17.5. The largest absolute Gasteiger partial charge is 0.376 e. The predicted octanol–water partition coefficient (Wildman–Crippen LogP) is 2.29. The quantitative estimate of drug-likeness (QED) is 0.446. The van der Waals surface area contributed by atoms with Crippen LogP contribution in [0.15, 0.2) is 48.5 Å². The zero-order valence-corrected chi connectivity index (χ0v) is 20.0. The first-order valence-corrected chi connectivity index (χ1v) is 12.3. The molecular weight excluding hydrogens is 462 g/mol. The van der Waals surface area contributed by atoms with Crippen molar-refractivity contribution in [2.24, 2.45) is 0 Å². The van der Waals surface area contributed by atoms with Crippen LogP contribution in [0.2, 0.25) is 0 Å². The number of fused-ring (bicyclic) bond motifs is 1. The van der Waals surface area contributed by atoms with Crippen LogP contribution in [-0.4, -0.2) is 67.0 Å². The molecule has 2 aromatic carbocycles. The Labute approximate surface area is 209 Å². The van der Waals surface area contributed by atoms with Crippen LogP contribution >= 0.6 is 0 Å². The van der Waals surface area contributed by atoms with Crippen LogP contribution in [0.1, 0.15) is 52.0 Å². The highest BCUT2D eigenvalue weighted by Crippen LogP contribution is 2.31. The van der Waals surface area contributed by atoms with Gasteiger partial charge in [0.05, 0.1) is 37.1 Å². The van der Waals surface area contributed by atoms with Crippen molar-refractivity contribution < 1.29 is 28.7 Å². The average molecular weight is 492 g/mol. The van der Waals surface area contributed by atoms with E-state index in [1.807, 2.05) is 36.4 Å². The molecular formula is C27H29N3O6. The smallest absolute Gasteiger partial charge is 0.262 e. The van der Waals surface area contributed by atoms with Crippen LogP contribution in [0.4, 0.5) is 5.69 Å². The average Bonchev–Trinajstić information content (AvgIpc) is 3.14. The third-order valence-corrected chi connectivity index (χ3v) is 6.92. The number of nitrogens with one attached hydrogen (secondary N) is 1. The number of carbonyl (C=O) groups excluding carboxylic acids is 4. The lowest BCUT2D eigenvalue weighted by molar-refractivity contribution is -0.136. The molecule has 2 aromatic rings. The van der Waals surface area contributed by atoms with E-state index in [2.05, 4.69) is 10.2 Å². The number of carbonyl (C=O) groups is 4. The Kier molecular flexibility index (Phi) is 7.11.